The molecule has 0 aromatic heterocycles. The molecule has 1 amide bonds. The molecule has 0 radical (unpaired) electrons. The van der Waals surface area contributed by atoms with Crippen LogP contribution < -0.4 is 5.73 Å². The van der Waals surface area contributed by atoms with Crippen molar-refractivity contribution in [2.75, 3.05) is 6.54 Å². The van der Waals surface area contributed by atoms with E-state index in [0.717, 1.165) is 6.54 Å². The van der Waals surface area contributed by atoms with Crippen molar-refractivity contribution >= 4 is 5.91 Å². The van der Waals surface area contributed by atoms with Gasteiger partial charge in [-0.05, 0) is 37.1 Å². The smallest absolute Gasteiger partial charge is 0.252 e. The number of amides is 1. The summed E-state index contributed by atoms with van der Waals surface area (Å²) in [4.78, 5) is 13.3. The Morgan fingerprint density at radius 1 is 1.17 bits per heavy atom. The number of benzene rings is 2. The van der Waals surface area contributed by atoms with Crippen molar-refractivity contribution in [3.63, 3.8) is 0 Å². The van der Waals surface area contributed by atoms with E-state index in [-0.39, 0.29) is 17.4 Å². The molecule has 0 aliphatic rings. The lowest BCUT2D eigenvalue weighted by atomic mass is 10.0. The third-order valence-electron chi connectivity index (χ3n) is 4.04. The molecule has 0 bridgehead atoms. The van der Waals surface area contributed by atoms with Crippen molar-refractivity contribution < 1.29 is 15.0 Å². The fourth-order valence-electron chi connectivity index (χ4n) is 2.57. The summed E-state index contributed by atoms with van der Waals surface area (Å²) in [7, 11) is 0. The average molecular weight is 328 g/mol. The lowest BCUT2D eigenvalue weighted by Crippen LogP contribution is -2.34. The van der Waals surface area contributed by atoms with Crippen LogP contribution in [0, 0.1) is 0 Å². The summed E-state index contributed by atoms with van der Waals surface area (Å²) in [6, 6.07) is 14.8. The van der Waals surface area contributed by atoms with E-state index in [1.807, 2.05) is 18.2 Å². The number of rotatable bonds is 7. The van der Waals surface area contributed by atoms with Gasteiger partial charge in [-0.3, -0.25) is 9.69 Å². The molecule has 0 saturated carbocycles. The van der Waals surface area contributed by atoms with E-state index in [1.165, 1.54) is 17.7 Å². The molecule has 2 aromatic carbocycles. The van der Waals surface area contributed by atoms with Gasteiger partial charge in [-0.25, -0.2) is 0 Å². The van der Waals surface area contributed by atoms with Crippen LogP contribution in [0.5, 0.6) is 5.75 Å². The van der Waals surface area contributed by atoms with Crippen LogP contribution in [-0.4, -0.2) is 33.6 Å². The zero-order valence-electron chi connectivity index (χ0n) is 14.0. The van der Waals surface area contributed by atoms with Crippen molar-refractivity contribution in [3.05, 3.63) is 65.2 Å². The number of carbonyl (C=O) groups is 1. The van der Waals surface area contributed by atoms with Gasteiger partial charge in [0.25, 0.3) is 5.91 Å². The van der Waals surface area contributed by atoms with Crippen LogP contribution in [0.3, 0.4) is 0 Å². The molecule has 2 aromatic rings. The van der Waals surface area contributed by atoms with Gasteiger partial charge in [0.15, 0.2) is 0 Å². The molecule has 5 heteroatoms. The zero-order chi connectivity index (χ0) is 17.7. The predicted molar refractivity (Wildman–Crippen MR) is 93.6 cm³/mol. The molecular weight excluding hydrogens is 304 g/mol. The van der Waals surface area contributed by atoms with Crippen LogP contribution in [0.1, 0.15) is 41.4 Å². The lowest BCUT2D eigenvalue weighted by Gasteiger charge is -2.29. The summed E-state index contributed by atoms with van der Waals surface area (Å²) < 4.78 is 0. The summed E-state index contributed by atoms with van der Waals surface area (Å²) >= 11 is 0. The molecule has 128 valence electrons. The first-order valence-corrected chi connectivity index (χ1v) is 7.97. The summed E-state index contributed by atoms with van der Waals surface area (Å²) in [5, 5.41) is 20.4. The van der Waals surface area contributed by atoms with Crippen molar-refractivity contribution in [3.8, 4) is 5.75 Å². The third-order valence-corrected chi connectivity index (χ3v) is 4.04. The number of primary amides is 1. The van der Waals surface area contributed by atoms with Gasteiger partial charge < -0.3 is 15.9 Å². The predicted octanol–water partition coefficient (Wildman–Crippen LogP) is 2.44. The second kappa shape index (κ2) is 7.95. The van der Waals surface area contributed by atoms with Crippen molar-refractivity contribution in [2.45, 2.75) is 32.5 Å². The standard InChI is InChI=1S/C19H24N2O3/c1-13(2)21(11-14-6-4-3-5-7-14)12-18(23)15-8-9-16(19(20)24)17(22)10-15/h3-10,13,18,22-23H,11-12H2,1-2H3,(H2,20,24)/t18-/m0/s1. The number of nitrogens with two attached hydrogens (primary N) is 1. The van der Waals surface area contributed by atoms with Gasteiger partial charge in [0.1, 0.15) is 5.75 Å². The first kappa shape index (κ1) is 18.0. The Balaban J connectivity index is 2.11. The molecule has 0 heterocycles. The second-order valence-corrected chi connectivity index (χ2v) is 6.17. The van der Waals surface area contributed by atoms with Crippen LogP contribution in [0.2, 0.25) is 0 Å². The molecule has 2 rings (SSSR count). The fraction of sp³-hybridized carbons (Fsp3) is 0.316. The number of carbonyl (C=O) groups excluding carboxylic acids is 1. The Labute approximate surface area is 142 Å². The number of hydrogen-bond donors (Lipinski definition) is 3. The molecular formula is C19H24N2O3. The van der Waals surface area contributed by atoms with Crippen LogP contribution in [0.4, 0.5) is 0 Å². The Morgan fingerprint density at radius 3 is 2.38 bits per heavy atom. The van der Waals surface area contributed by atoms with Crippen LogP contribution in [0.25, 0.3) is 0 Å². The number of hydrogen-bond acceptors (Lipinski definition) is 4. The number of aromatic hydroxyl groups is 1. The Hall–Kier alpha value is -2.37. The highest BCUT2D eigenvalue weighted by Crippen LogP contribution is 2.24. The number of nitrogens with zero attached hydrogens (tertiary/aromatic N) is 1. The number of aliphatic hydroxyl groups is 1. The fourth-order valence-corrected chi connectivity index (χ4v) is 2.57. The average Bonchev–Trinajstić information content (AvgIpc) is 2.54. The maximum Gasteiger partial charge on any atom is 0.252 e. The number of aliphatic hydroxyl groups excluding tert-OH is 1. The van der Waals surface area contributed by atoms with E-state index in [4.69, 9.17) is 5.73 Å². The summed E-state index contributed by atoms with van der Waals surface area (Å²) in [5.74, 6) is -0.903. The topological polar surface area (TPSA) is 86.8 Å². The minimum atomic E-state index is -0.774. The molecule has 0 aliphatic heterocycles. The Bertz CT molecular complexity index is 686. The van der Waals surface area contributed by atoms with Crippen molar-refractivity contribution in [1.29, 1.82) is 0 Å². The monoisotopic (exact) mass is 328 g/mol. The summed E-state index contributed by atoms with van der Waals surface area (Å²) in [5.41, 5.74) is 6.95. The first-order chi connectivity index (χ1) is 11.4. The van der Waals surface area contributed by atoms with Gasteiger partial charge in [-0.1, -0.05) is 36.4 Å². The van der Waals surface area contributed by atoms with Crippen LogP contribution in [-0.2, 0) is 6.54 Å². The van der Waals surface area contributed by atoms with Crippen LogP contribution >= 0.6 is 0 Å². The molecule has 4 N–H and O–H groups in total. The van der Waals surface area contributed by atoms with Crippen LogP contribution in [0.15, 0.2) is 48.5 Å². The summed E-state index contributed by atoms with van der Waals surface area (Å²) in [6.45, 7) is 5.29. The quantitative estimate of drug-likeness (QED) is 0.728. The SMILES string of the molecule is CC(C)N(Cc1ccccc1)C[C@H](O)c1ccc(C(N)=O)c(O)c1. The maximum absolute atomic E-state index is 11.2. The number of phenols is 1. The molecule has 0 unspecified atom stereocenters. The normalized spacial score (nSPS) is 12.5. The third kappa shape index (κ3) is 4.57. The Morgan fingerprint density at radius 2 is 1.83 bits per heavy atom. The van der Waals surface area contributed by atoms with Crippen molar-refractivity contribution in [1.82, 2.24) is 4.90 Å². The minimum Gasteiger partial charge on any atom is -0.507 e. The minimum absolute atomic E-state index is 0.0518. The van der Waals surface area contributed by atoms with Gasteiger partial charge in [0.2, 0.25) is 0 Å². The largest absolute Gasteiger partial charge is 0.507 e. The molecule has 0 aliphatic carbocycles. The zero-order valence-corrected chi connectivity index (χ0v) is 14.0. The van der Waals surface area contributed by atoms with Gasteiger partial charge in [0, 0.05) is 19.1 Å². The van der Waals surface area contributed by atoms with Gasteiger partial charge in [-0.2, -0.15) is 0 Å². The molecule has 5 nitrogen and oxygen atoms in total. The van der Waals surface area contributed by atoms with E-state index < -0.39 is 12.0 Å². The molecule has 0 saturated heterocycles. The highest BCUT2D eigenvalue weighted by Gasteiger charge is 2.18. The van der Waals surface area contributed by atoms with E-state index in [0.29, 0.717) is 12.1 Å². The molecule has 1 atom stereocenters. The molecule has 0 fully saturated rings. The van der Waals surface area contributed by atoms with Crippen molar-refractivity contribution in [2.24, 2.45) is 5.73 Å². The summed E-state index contributed by atoms with van der Waals surface area (Å²) in [6.07, 6.45) is -0.774. The lowest BCUT2D eigenvalue weighted by molar-refractivity contribution is 0.0904. The van der Waals surface area contributed by atoms with E-state index in [9.17, 15) is 15.0 Å². The van der Waals surface area contributed by atoms with Gasteiger partial charge >= 0.3 is 0 Å². The highest BCUT2D eigenvalue weighted by molar-refractivity contribution is 5.95. The first-order valence-electron chi connectivity index (χ1n) is 7.97. The van der Waals surface area contributed by atoms with E-state index in [1.54, 1.807) is 6.07 Å². The molecule has 24 heavy (non-hydrogen) atoms. The highest BCUT2D eigenvalue weighted by atomic mass is 16.3. The van der Waals surface area contributed by atoms with E-state index >= 15 is 0 Å². The molecule has 0 spiro atoms. The van der Waals surface area contributed by atoms with Gasteiger partial charge in [0.05, 0.1) is 11.7 Å². The Kier molecular flexibility index (Phi) is 5.95. The second-order valence-electron chi connectivity index (χ2n) is 6.17. The van der Waals surface area contributed by atoms with E-state index in [2.05, 4.69) is 30.9 Å². The van der Waals surface area contributed by atoms with Gasteiger partial charge in [-0.15, -0.1) is 0 Å². The maximum atomic E-state index is 11.2.